The molecule has 1 aromatic rings. The third kappa shape index (κ3) is 2.53. The summed E-state index contributed by atoms with van der Waals surface area (Å²) in [6.07, 6.45) is 4.97. The summed E-state index contributed by atoms with van der Waals surface area (Å²) in [4.78, 5) is 12.1. The summed E-state index contributed by atoms with van der Waals surface area (Å²) in [7, 11) is 0. The standard InChI is InChI=1S/C13H20N2O/c1-2-15-9-3-4-12(15)13(16)10-11-5-7-14-8-6-11/h3-4,9,11,14H,2,5-8,10H2,1H3. The Hall–Kier alpha value is -1.09. The van der Waals surface area contributed by atoms with Crippen LogP contribution >= 0.6 is 0 Å². The third-order valence-corrected chi connectivity index (χ3v) is 3.39. The molecule has 0 radical (unpaired) electrons. The van der Waals surface area contributed by atoms with Gasteiger partial charge >= 0.3 is 0 Å². The Morgan fingerprint density at radius 1 is 1.50 bits per heavy atom. The number of aryl methyl sites for hydroxylation is 1. The largest absolute Gasteiger partial charge is 0.345 e. The maximum absolute atomic E-state index is 12.1. The van der Waals surface area contributed by atoms with Gasteiger partial charge in [0.1, 0.15) is 0 Å². The van der Waals surface area contributed by atoms with Gasteiger partial charge in [0.15, 0.2) is 5.78 Å². The van der Waals surface area contributed by atoms with Crippen LogP contribution in [0.2, 0.25) is 0 Å². The Labute approximate surface area is 96.8 Å². The number of nitrogens with one attached hydrogen (secondary N) is 1. The molecule has 0 amide bonds. The number of rotatable bonds is 4. The predicted molar refractivity (Wildman–Crippen MR) is 64.6 cm³/mol. The molecule has 16 heavy (non-hydrogen) atoms. The quantitative estimate of drug-likeness (QED) is 0.788. The van der Waals surface area contributed by atoms with Crippen LogP contribution in [0.15, 0.2) is 18.3 Å². The average Bonchev–Trinajstić information content (AvgIpc) is 2.78. The first kappa shape index (κ1) is 11.4. The van der Waals surface area contributed by atoms with Gasteiger partial charge in [0.25, 0.3) is 0 Å². The summed E-state index contributed by atoms with van der Waals surface area (Å²) in [6.45, 7) is 5.07. The van der Waals surface area contributed by atoms with Crippen molar-refractivity contribution >= 4 is 5.78 Å². The molecule has 2 heterocycles. The molecule has 3 heteroatoms. The van der Waals surface area contributed by atoms with E-state index in [0.717, 1.165) is 38.2 Å². The molecular weight excluding hydrogens is 200 g/mol. The number of aromatic nitrogens is 1. The second-order valence-electron chi connectivity index (χ2n) is 4.50. The molecule has 1 N–H and O–H groups in total. The van der Waals surface area contributed by atoms with Gasteiger partial charge in [0, 0.05) is 19.2 Å². The summed E-state index contributed by atoms with van der Waals surface area (Å²) in [5.74, 6) is 0.882. The van der Waals surface area contributed by atoms with Crippen LogP contribution in [-0.2, 0) is 6.54 Å². The van der Waals surface area contributed by atoms with E-state index in [-0.39, 0.29) is 0 Å². The lowest BCUT2D eigenvalue weighted by Gasteiger charge is -2.21. The first-order valence-electron chi connectivity index (χ1n) is 6.20. The van der Waals surface area contributed by atoms with Crippen LogP contribution in [-0.4, -0.2) is 23.4 Å². The van der Waals surface area contributed by atoms with Gasteiger partial charge in [0.05, 0.1) is 5.69 Å². The van der Waals surface area contributed by atoms with Crippen molar-refractivity contribution in [3.05, 3.63) is 24.0 Å². The molecule has 0 spiro atoms. The van der Waals surface area contributed by atoms with Crippen LogP contribution in [0.3, 0.4) is 0 Å². The lowest BCUT2D eigenvalue weighted by atomic mass is 9.92. The fourth-order valence-electron chi connectivity index (χ4n) is 2.40. The molecule has 0 bridgehead atoms. The Bertz CT molecular complexity index is 351. The van der Waals surface area contributed by atoms with E-state index in [9.17, 15) is 4.79 Å². The summed E-state index contributed by atoms with van der Waals surface area (Å²) in [6, 6.07) is 3.89. The normalized spacial score (nSPS) is 17.6. The number of hydrogen-bond acceptors (Lipinski definition) is 2. The van der Waals surface area contributed by atoms with E-state index >= 15 is 0 Å². The first-order chi connectivity index (χ1) is 7.81. The van der Waals surface area contributed by atoms with Crippen molar-refractivity contribution in [3.8, 4) is 0 Å². The summed E-state index contributed by atoms with van der Waals surface area (Å²) < 4.78 is 2.03. The van der Waals surface area contributed by atoms with Gasteiger partial charge in [0.2, 0.25) is 0 Å². The minimum absolute atomic E-state index is 0.304. The highest BCUT2D eigenvalue weighted by Crippen LogP contribution is 2.19. The monoisotopic (exact) mass is 220 g/mol. The van der Waals surface area contributed by atoms with Crippen molar-refractivity contribution in [1.29, 1.82) is 0 Å². The van der Waals surface area contributed by atoms with E-state index in [2.05, 4.69) is 12.2 Å². The van der Waals surface area contributed by atoms with Gasteiger partial charge in [-0.3, -0.25) is 4.79 Å². The predicted octanol–water partition coefficient (Wildman–Crippen LogP) is 2.08. The highest BCUT2D eigenvalue weighted by molar-refractivity contribution is 5.94. The minimum Gasteiger partial charge on any atom is -0.345 e. The maximum atomic E-state index is 12.1. The summed E-state index contributed by atoms with van der Waals surface area (Å²) in [5.41, 5.74) is 0.876. The molecule has 0 atom stereocenters. The number of ketones is 1. The summed E-state index contributed by atoms with van der Waals surface area (Å²) in [5, 5.41) is 3.33. The number of carbonyl (C=O) groups is 1. The van der Waals surface area contributed by atoms with Gasteiger partial charge in [-0.2, -0.15) is 0 Å². The molecule has 0 saturated carbocycles. The Balaban J connectivity index is 1.96. The fourth-order valence-corrected chi connectivity index (χ4v) is 2.40. The molecule has 0 aliphatic carbocycles. The fraction of sp³-hybridized carbons (Fsp3) is 0.615. The number of nitrogens with zero attached hydrogens (tertiary/aromatic N) is 1. The van der Waals surface area contributed by atoms with Crippen molar-refractivity contribution in [3.63, 3.8) is 0 Å². The van der Waals surface area contributed by atoms with Gasteiger partial charge in [-0.25, -0.2) is 0 Å². The van der Waals surface area contributed by atoms with E-state index in [1.807, 2.05) is 22.9 Å². The van der Waals surface area contributed by atoms with Crippen LogP contribution in [0, 0.1) is 5.92 Å². The molecule has 88 valence electrons. The smallest absolute Gasteiger partial charge is 0.179 e. The molecule has 0 aromatic carbocycles. The topological polar surface area (TPSA) is 34.0 Å². The average molecular weight is 220 g/mol. The van der Waals surface area contributed by atoms with Gasteiger partial charge < -0.3 is 9.88 Å². The third-order valence-electron chi connectivity index (χ3n) is 3.39. The highest BCUT2D eigenvalue weighted by atomic mass is 16.1. The van der Waals surface area contributed by atoms with E-state index < -0.39 is 0 Å². The second-order valence-corrected chi connectivity index (χ2v) is 4.50. The number of hydrogen-bond donors (Lipinski definition) is 1. The first-order valence-corrected chi connectivity index (χ1v) is 6.20. The molecule has 1 fully saturated rings. The zero-order valence-corrected chi connectivity index (χ0v) is 9.91. The highest BCUT2D eigenvalue weighted by Gasteiger charge is 2.19. The van der Waals surface area contributed by atoms with Crippen LogP contribution < -0.4 is 5.32 Å². The lowest BCUT2D eigenvalue weighted by Crippen LogP contribution is -2.29. The zero-order chi connectivity index (χ0) is 11.4. The number of piperidine rings is 1. The van der Waals surface area contributed by atoms with Crippen molar-refractivity contribution < 1.29 is 4.79 Å². The molecule has 1 aromatic heterocycles. The number of Topliss-reactive ketones (excluding diaryl/α,β-unsaturated/α-hetero) is 1. The van der Waals surface area contributed by atoms with Gasteiger partial charge in [-0.1, -0.05) is 0 Å². The van der Waals surface area contributed by atoms with Crippen LogP contribution in [0.5, 0.6) is 0 Å². The lowest BCUT2D eigenvalue weighted by molar-refractivity contribution is 0.0943. The SMILES string of the molecule is CCn1cccc1C(=O)CC1CCNCC1. The van der Waals surface area contributed by atoms with Crippen LogP contribution in [0.25, 0.3) is 0 Å². The van der Waals surface area contributed by atoms with E-state index in [1.54, 1.807) is 0 Å². The van der Waals surface area contributed by atoms with Crippen LogP contribution in [0.4, 0.5) is 0 Å². The minimum atomic E-state index is 0.304. The second kappa shape index (κ2) is 5.30. The zero-order valence-electron chi connectivity index (χ0n) is 9.91. The Morgan fingerprint density at radius 3 is 2.94 bits per heavy atom. The molecule has 1 aliphatic rings. The molecule has 1 aliphatic heterocycles. The number of carbonyl (C=O) groups excluding carboxylic acids is 1. The van der Waals surface area contributed by atoms with E-state index in [1.165, 1.54) is 0 Å². The molecular formula is C13H20N2O. The van der Waals surface area contributed by atoms with Gasteiger partial charge in [-0.05, 0) is 50.9 Å². The summed E-state index contributed by atoms with van der Waals surface area (Å²) >= 11 is 0. The Morgan fingerprint density at radius 2 is 2.25 bits per heavy atom. The van der Waals surface area contributed by atoms with Crippen molar-refractivity contribution in [2.24, 2.45) is 5.92 Å². The van der Waals surface area contributed by atoms with Gasteiger partial charge in [-0.15, -0.1) is 0 Å². The molecule has 2 rings (SSSR count). The molecule has 3 nitrogen and oxygen atoms in total. The molecule has 0 unspecified atom stereocenters. The Kier molecular flexibility index (Phi) is 3.78. The van der Waals surface area contributed by atoms with E-state index in [0.29, 0.717) is 18.1 Å². The van der Waals surface area contributed by atoms with Crippen molar-refractivity contribution in [2.45, 2.75) is 32.7 Å². The van der Waals surface area contributed by atoms with Crippen molar-refractivity contribution in [1.82, 2.24) is 9.88 Å². The van der Waals surface area contributed by atoms with E-state index in [4.69, 9.17) is 0 Å². The van der Waals surface area contributed by atoms with Crippen molar-refractivity contribution in [2.75, 3.05) is 13.1 Å². The molecule has 1 saturated heterocycles. The van der Waals surface area contributed by atoms with Crippen LogP contribution in [0.1, 0.15) is 36.7 Å². The maximum Gasteiger partial charge on any atom is 0.179 e.